The van der Waals surface area contributed by atoms with Gasteiger partial charge in [-0.1, -0.05) is 18.2 Å². The van der Waals surface area contributed by atoms with E-state index >= 15 is 0 Å². The number of amides is 4. The van der Waals surface area contributed by atoms with Crippen LogP contribution in [0.5, 0.6) is 0 Å². The van der Waals surface area contributed by atoms with Crippen LogP contribution in [-0.4, -0.2) is 34.8 Å². The van der Waals surface area contributed by atoms with Gasteiger partial charge in [0, 0.05) is 24.9 Å². The van der Waals surface area contributed by atoms with E-state index in [1.807, 2.05) is 0 Å². The van der Waals surface area contributed by atoms with Crippen molar-refractivity contribution < 1.29 is 18.8 Å². The van der Waals surface area contributed by atoms with Crippen LogP contribution in [0.15, 0.2) is 29.6 Å². The summed E-state index contributed by atoms with van der Waals surface area (Å²) in [6, 6.07) is 5.22. The largest absolute Gasteiger partial charge is 0.325 e. The van der Waals surface area contributed by atoms with Crippen LogP contribution < -0.4 is 10.2 Å². The number of hydrogen-bond donors (Lipinski definition) is 1. The molecule has 1 saturated heterocycles. The molecule has 1 aliphatic heterocycles. The maximum absolute atomic E-state index is 14.1. The zero-order valence-electron chi connectivity index (χ0n) is 14.4. The Kier molecular flexibility index (Phi) is 4.49. The van der Waals surface area contributed by atoms with Crippen LogP contribution in [0.4, 0.5) is 14.3 Å². The summed E-state index contributed by atoms with van der Waals surface area (Å²) in [5.74, 6) is -1.29. The fraction of sp³-hybridized carbons (Fsp3) is 0.294. The van der Waals surface area contributed by atoms with E-state index in [0.29, 0.717) is 10.8 Å². The molecule has 3 rings (SSSR count). The van der Waals surface area contributed by atoms with Crippen molar-refractivity contribution in [3.8, 4) is 0 Å². The molecule has 1 N–H and O–H groups in total. The van der Waals surface area contributed by atoms with E-state index < -0.39 is 23.3 Å². The van der Waals surface area contributed by atoms with Gasteiger partial charge in [-0.25, -0.2) is 14.2 Å². The van der Waals surface area contributed by atoms with Crippen molar-refractivity contribution in [3.63, 3.8) is 0 Å². The van der Waals surface area contributed by atoms with Crippen LogP contribution in [0.3, 0.4) is 0 Å². The minimum Gasteiger partial charge on any atom is -0.319 e. The maximum Gasteiger partial charge on any atom is 0.325 e. The molecule has 0 aliphatic carbocycles. The second-order valence-corrected chi connectivity index (χ2v) is 6.96. The van der Waals surface area contributed by atoms with E-state index in [0.717, 1.165) is 4.90 Å². The van der Waals surface area contributed by atoms with Crippen molar-refractivity contribution in [1.29, 1.82) is 0 Å². The first-order valence-electron chi connectivity index (χ1n) is 7.82. The lowest BCUT2D eigenvalue weighted by Gasteiger charge is -2.22. The Morgan fingerprint density at radius 2 is 2.08 bits per heavy atom. The fourth-order valence-corrected chi connectivity index (χ4v) is 3.53. The first-order valence-corrected chi connectivity index (χ1v) is 8.70. The van der Waals surface area contributed by atoms with E-state index in [2.05, 4.69) is 10.3 Å². The number of nitrogens with zero attached hydrogens (tertiary/aromatic N) is 3. The van der Waals surface area contributed by atoms with Gasteiger partial charge in [0.05, 0.1) is 12.2 Å². The topological polar surface area (TPSA) is 82.6 Å². The molecule has 1 aromatic carbocycles. The SMILES string of the molecule is CC(=O)N(C)c1nc(CN2C(=O)NC(C)(c3ccccc3F)C2=O)cs1. The Balaban J connectivity index is 1.84. The Bertz CT molecular complexity index is 900. The average Bonchev–Trinajstić information content (AvgIpc) is 3.14. The molecule has 0 bridgehead atoms. The molecule has 1 aliphatic rings. The van der Waals surface area contributed by atoms with Gasteiger partial charge in [-0.3, -0.25) is 19.4 Å². The summed E-state index contributed by atoms with van der Waals surface area (Å²) in [5, 5.41) is 4.71. The van der Waals surface area contributed by atoms with Gasteiger partial charge >= 0.3 is 6.03 Å². The lowest BCUT2D eigenvalue weighted by Crippen LogP contribution is -2.41. The Labute approximate surface area is 153 Å². The number of halogens is 1. The molecule has 1 atom stereocenters. The van der Waals surface area contributed by atoms with Gasteiger partial charge in [-0.2, -0.15) is 0 Å². The summed E-state index contributed by atoms with van der Waals surface area (Å²) in [6.45, 7) is 2.83. The van der Waals surface area contributed by atoms with Crippen molar-refractivity contribution in [2.45, 2.75) is 25.9 Å². The van der Waals surface area contributed by atoms with Gasteiger partial charge in [-0.15, -0.1) is 11.3 Å². The summed E-state index contributed by atoms with van der Waals surface area (Å²) >= 11 is 1.23. The fourth-order valence-electron chi connectivity index (χ4n) is 2.71. The average molecular weight is 376 g/mol. The van der Waals surface area contributed by atoms with Crippen LogP contribution in [0.1, 0.15) is 25.1 Å². The number of carbonyl (C=O) groups is 3. The minimum atomic E-state index is -1.47. The second-order valence-electron chi connectivity index (χ2n) is 6.13. The molecule has 2 heterocycles. The number of anilines is 1. The van der Waals surface area contributed by atoms with Gasteiger partial charge in [0.15, 0.2) is 5.13 Å². The summed E-state index contributed by atoms with van der Waals surface area (Å²) in [7, 11) is 1.59. The molecule has 26 heavy (non-hydrogen) atoms. The molecule has 0 saturated carbocycles. The molecule has 2 aromatic rings. The molecule has 0 spiro atoms. The smallest absolute Gasteiger partial charge is 0.319 e. The number of hydrogen-bond acceptors (Lipinski definition) is 5. The molecule has 4 amide bonds. The number of rotatable bonds is 4. The van der Waals surface area contributed by atoms with E-state index in [1.165, 1.54) is 48.3 Å². The van der Waals surface area contributed by atoms with E-state index in [-0.39, 0.29) is 18.0 Å². The van der Waals surface area contributed by atoms with Gasteiger partial charge in [-0.05, 0) is 13.0 Å². The minimum absolute atomic E-state index is 0.0586. The molecule has 9 heteroatoms. The third-order valence-electron chi connectivity index (χ3n) is 4.31. The molecule has 7 nitrogen and oxygen atoms in total. The zero-order valence-corrected chi connectivity index (χ0v) is 15.3. The van der Waals surface area contributed by atoms with Crippen molar-refractivity contribution >= 4 is 34.3 Å². The Morgan fingerprint density at radius 3 is 2.73 bits per heavy atom. The van der Waals surface area contributed by atoms with E-state index in [9.17, 15) is 18.8 Å². The predicted molar refractivity (Wildman–Crippen MR) is 94.0 cm³/mol. The first-order chi connectivity index (χ1) is 12.2. The first kappa shape index (κ1) is 18.0. The molecule has 136 valence electrons. The second kappa shape index (κ2) is 6.49. The van der Waals surface area contributed by atoms with E-state index in [1.54, 1.807) is 18.5 Å². The molecule has 0 radical (unpaired) electrons. The third kappa shape index (κ3) is 2.94. The number of carbonyl (C=O) groups excluding carboxylic acids is 3. The monoisotopic (exact) mass is 376 g/mol. The predicted octanol–water partition coefficient (Wildman–Crippen LogP) is 2.23. The Morgan fingerprint density at radius 1 is 1.38 bits per heavy atom. The van der Waals surface area contributed by atoms with Gasteiger partial charge in [0.1, 0.15) is 11.4 Å². The third-order valence-corrected chi connectivity index (χ3v) is 5.27. The van der Waals surface area contributed by atoms with Crippen molar-refractivity contribution in [1.82, 2.24) is 15.2 Å². The summed E-state index contributed by atoms with van der Waals surface area (Å²) < 4.78 is 14.1. The lowest BCUT2D eigenvalue weighted by molar-refractivity contribution is -0.131. The Hall–Kier alpha value is -2.81. The number of benzene rings is 1. The van der Waals surface area contributed by atoms with Gasteiger partial charge in [0.2, 0.25) is 5.91 Å². The van der Waals surface area contributed by atoms with Crippen molar-refractivity contribution in [2.24, 2.45) is 0 Å². The van der Waals surface area contributed by atoms with Crippen molar-refractivity contribution in [3.05, 3.63) is 46.7 Å². The molecular weight excluding hydrogens is 359 g/mol. The normalized spacial score (nSPS) is 19.6. The van der Waals surface area contributed by atoms with E-state index in [4.69, 9.17) is 0 Å². The summed E-state index contributed by atoms with van der Waals surface area (Å²) in [6.07, 6.45) is 0. The number of aromatic nitrogens is 1. The van der Waals surface area contributed by atoms with Crippen LogP contribution in [0, 0.1) is 5.82 Å². The highest BCUT2D eigenvalue weighted by Crippen LogP contribution is 2.31. The molecule has 1 unspecified atom stereocenters. The highest BCUT2D eigenvalue weighted by Gasteiger charge is 2.50. The summed E-state index contributed by atoms with van der Waals surface area (Å²) in [4.78, 5) is 43.2. The number of imide groups is 1. The van der Waals surface area contributed by atoms with Crippen LogP contribution in [0.2, 0.25) is 0 Å². The van der Waals surface area contributed by atoms with Crippen LogP contribution in [0.25, 0.3) is 0 Å². The highest BCUT2D eigenvalue weighted by atomic mass is 32.1. The summed E-state index contributed by atoms with van der Waals surface area (Å²) in [5.41, 5.74) is -0.896. The highest BCUT2D eigenvalue weighted by molar-refractivity contribution is 7.14. The lowest BCUT2D eigenvalue weighted by atomic mass is 9.91. The molecule has 1 aromatic heterocycles. The number of nitrogens with one attached hydrogen (secondary N) is 1. The standard InChI is InChI=1S/C17H17FN4O3S/c1-10(23)21(3)16-19-11(9-26-16)8-22-14(24)17(2,20-15(22)25)12-6-4-5-7-13(12)18/h4-7,9H,8H2,1-3H3,(H,20,25). The van der Waals surface area contributed by atoms with Gasteiger partial charge in [0.25, 0.3) is 5.91 Å². The number of thiazole rings is 1. The van der Waals surface area contributed by atoms with Crippen LogP contribution in [-0.2, 0) is 21.7 Å². The molecule has 1 fully saturated rings. The van der Waals surface area contributed by atoms with Crippen LogP contribution >= 0.6 is 11.3 Å². The maximum atomic E-state index is 14.1. The molecular formula is C17H17FN4O3S. The van der Waals surface area contributed by atoms with Gasteiger partial charge < -0.3 is 5.32 Å². The number of urea groups is 1. The zero-order chi connectivity index (χ0) is 19.1. The quantitative estimate of drug-likeness (QED) is 0.830. The van der Waals surface area contributed by atoms with Crippen molar-refractivity contribution in [2.75, 3.05) is 11.9 Å².